The number of aryl methyl sites for hydroxylation is 1. The molecule has 2 aliphatic heterocycles. The van der Waals surface area contributed by atoms with Crippen LogP contribution in [0.2, 0.25) is 0 Å². The first-order valence-corrected chi connectivity index (χ1v) is 12.6. The van der Waals surface area contributed by atoms with Gasteiger partial charge in [-0.15, -0.1) is 0 Å². The lowest BCUT2D eigenvalue weighted by atomic mass is 10.00. The minimum absolute atomic E-state index is 0.0680. The van der Waals surface area contributed by atoms with Crippen LogP contribution in [-0.4, -0.2) is 63.7 Å². The zero-order valence-electron chi connectivity index (χ0n) is 20.8. The molecular weight excluding hydrogens is 462 g/mol. The molecule has 1 atom stereocenters. The van der Waals surface area contributed by atoms with Crippen LogP contribution in [0.4, 0.5) is 11.6 Å². The number of piperazine rings is 1. The average Bonchev–Trinajstić information content (AvgIpc) is 3.45. The van der Waals surface area contributed by atoms with E-state index in [0.717, 1.165) is 29.9 Å². The maximum atomic E-state index is 13.6. The van der Waals surface area contributed by atoms with Gasteiger partial charge >= 0.3 is 0 Å². The lowest BCUT2D eigenvalue weighted by Crippen LogP contribution is -2.51. The third-order valence-corrected chi connectivity index (χ3v) is 7.12. The smallest absolute Gasteiger partial charge is 0.251 e. The summed E-state index contributed by atoms with van der Waals surface area (Å²) in [5, 5.41) is 12.7. The van der Waals surface area contributed by atoms with Gasteiger partial charge in [-0.25, -0.2) is 0 Å². The average molecular weight is 492 g/mol. The van der Waals surface area contributed by atoms with Crippen LogP contribution in [-0.2, 0) is 4.79 Å². The van der Waals surface area contributed by atoms with E-state index in [1.807, 2.05) is 34.1 Å². The van der Waals surface area contributed by atoms with Gasteiger partial charge in [0.25, 0.3) is 5.95 Å². The topological polar surface area (TPSA) is 70.4 Å². The van der Waals surface area contributed by atoms with Crippen LogP contribution in [0.15, 0.2) is 91.0 Å². The van der Waals surface area contributed by atoms with Crippen molar-refractivity contribution in [3.05, 3.63) is 108 Å². The molecule has 8 heteroatoms. The van der Waals surface area contributed by atoms with Crippen LogP contribution >= 0.6 is 0 Å². The van der Waals surface area contributed by atoms with Crippen LogP contribution in [0.5, 0.6) is 0 Å². The molecule has 0 bridgehead atoms. The lowest BCUT2D eigenvalue weighted by molar-refractivity contribution is -0.129. The number of tetrazole rings is 1. The van der Waals surface area contributed by atoms with Crippen LogP contribution in [0.3, 0.4) is 0 Å². The Morgan fingerprint density at radius 2 is 1.54 bits per heavy atom. The number of carbonyl (C=O) groups excluding carboxylic acids is 1. The number of nitrogens with zero attached hydrogens (tertiary/aromatic N) is 7. The van der Waals surface area contributed by atoms with Crippen molar-refractivity contribution < 1.29 is 4.79 Å². The molecule has 1 saturated heterocycles. The Morgan fingerprint density at radius 1 is 0.865 bits per heavy atom. The van der Waals surface area contributed by atoms with Crippen molar-refractivity contribution in [3.8, 4) is 0 Å². The third-order valence-electron chi connectivity index (χ3n) is 7.12. The molecular formula is C29H29N7O. The molecule has 37 heavy (non-hydrogen) atoms. The Bertz CT molecular complexity index is 1390. The molecule has 6 rings (SSSR count). The van der Waals surface area contributed by atoms with E-state index in [-0.39, 0.29) is 18.5 Å². The van der Waals surface area contributed by atoms with Crippen LogP contribution in [0.1, 0.15) is 22.7 Å². The lowest BCUT2D eigenvalue weighted by Gasteiger charge is -2.38. The molecule has 0 unspecified atom stereocenters. The Labute approximate surface area is 216 Å². The third kappa shape index (κ3) is 4.58. The molecule has 1 amide bonds. The van der Waals surface area contributed by atoms with Gasteiger partial charge in [0, 0.05) is 31.9 Å². The molecule has 0 N–H and O–H groups in total. The first kappa shape index (κ1) is 23.0. The van der Waals surface area contributed by atoms with Crippen LogP contribution < -0.4 is 9.80 Å². The molecule has 0 spiro atoms. The molecule has 0 saturated carbocycles. The van der Waals surface area contributed by atoms with E-state index in [1.165, 1.54) is 11.3 Å². The fourth-order valence-corrected chi connectivity index (χ4v) is 5.07. The van der Waals surface area contributed by atoms with Gasteiger partial charge < -0.3 is 9.80 Å². The predicted molar refractivity (Wildman–Crippen MR) is 144 cm³/mol. The second-order valence-corrected chi connectivity index (χ2v) is 9.49. The van der Waals surface area contributed by atoms with Crippen molar-refractivity contribution >= 4 is 23.2 Å². The molecule has 3 heterocycles. The van der Waals surface area contributed by atoms with Crippen LogP contribution in [0, 0.1) is 6.92 Å². The quantitative estimate of drug-likeness (QED) is 0.423. The number of aromatic nitrogens is 4. The van der Waals surface area contributed by atoms with Crippen molar-refractivity contribution in [2.24, 2.45) is 0 Å². The van der Waals surface area contributed by atoms with E-state index >= 15 is 0 Å². The Balaban J connectivity index is 1.28. The van der Waals surface area contributed by atoms with Crippen molar-refractivity contribution in [2.75, 3.05) is 42.5 Å². The van der Waals surface area contributed by atoms with Crippen LogP contribution in [0.25, 0.3) is 5.70 Å². The molecule has 0 radical (unpaired) electrons. The van der Waals surface area contributed by atoms with E-state index < -0.39 is 0 Å². The number of hydrogen-bond donors (Lipinski definition) is 0. The van der Waals surface area contributed by atoms with Gasteiger partial charge in [-0.1, -0.05) is 83.5 Å². The van der Waals surface area contributed by atoms with E-state index in [1.54, 1.807) is 4.68 Å². The predicted octanol–water partition coefficient (Wildman–Crippen LogP) is 3.78. The molecule has 186 valence electrons. The van der Waals surface area contributed by atoms with E-state index in [0.29, 0.717) is 19.0 Å². The molecule has 8 nitrogen and oxygen atoms in total. The van der Waals surface area contributed by atoms with E-state index in [4.69, 9.17) is 0 Å². The van der Waals surface area contributed by atoms with Crippen molar-refractivity contribution in [1.82, 2.24) is 25.1 Å². The molecule has 0 aliphatic carbocycles. The summed E-state index contributed by atoms with van der Waals surface area (Å²) in [5.41, 5.74) is 5.43. The zero-order chi connectivity index (χ0) is 25.2. The number of fused-ring (bicyclic) bond motifs is 1. The van der Waals surface area contributed by atoms with Gasteiger partial charge in [-0.05, 0) is 46.7 Å². The molecule has 1 aromatic heterocycles. The monoisotopic (exact) mass is 491 g/mol. The molecule has 3 aromatic carbocycles. The summed E-state index contributed by atoms with van der Waals surface area (Å²) in [4.78, 5) is 19.8. The molecule has 2 aliphatic rings. The summed E-state index contributed by atoms with van der Waals surface area (Å²) in [6.07, 6.45) is 2.16. The fourth-order valence-electron chi connectivity index (χ4n) is 5.07. The van der Waals surface area contributed by atoms with Gasteiger partial charge in [0.05, 0.1) is 5.70 Å². The first-order valence-electron chi connectivity index (χ1n) is 12.6. The summed E-state index contributed by atoms with van der Waals surface area (Å²) in [5.74, 6) is 0.640. The first-order chi connectivity index (χ1) is 18.2. The number of anilines is 2. The Kier molecular flexibility index (Phi) is 6.14. The van der Waals surface area contributed by atoms with Gasteiger partial charge in [0.15, 0.2) is 0 Å². The van der Waals surface area contributed by atoms with E-state index in [2.05, 4.69) is 94.1 Å². The highest BCUT2D eigenvalue weighted by atomic mass is 16.2. The summed E-state index contributed by atoms with van der Waals surface area (Å²) in [6, 6.07) is 28.8. The summed E-state index contributed by atoms with van der Waals surface area (Å²) in [7, 11) is 0. The maximum absolute atomic E-state index is 13.6. The summed E-state index contributed by atoms with van der Waals surface area (Å²) < 4.78 is 1.80. The molecule has 1 fully saturated rings. The minimum atomic E-state index is -0.164. The largest absolute Gasteiger partial charge is 0.368 e. The maximum Gasteiger partial charge on any atom is 0.251 e. The van der Waals surface area contributed by atoms with Crippen molar-refractivity contribution in [1.29, 1.82) is 0 Å². The standard InChI is InChI=1S/C29H29N7O/c1-22-12-14-24(15-13-22)26-20-27(23-8-4-2-5-9-23)36-29(30-31-32-36)35(26)21-28(37)34-18-16-33(17-19-34)25-10-6-3-7-11-25/h2-15,20,27H,16-19,21H2,1H3/t27-/m1/s1. The highest BCUT2D eigenvalue weighted by Crippen LogP contribution is 2.36. The van der Waals surface area contributed by atoms with Crippen molar-refractivity contribution in [3.63, 3.8) is 0 Å². The number of rotatable bonds is 5. The SMILES string of the molecule is Cc1ccc(C2=C[C@H](c3ccccc3)n3nnnc3N2CC(=O)N2CCN(c3ccccc3)CC2)cc1. The zero-order valence-corrected chi connectivity index (χ0v) is 20.8. The number of carbonyl (C=O) groups is 1. The van der Waals surface area contributed by atoms with E-state index in [9.17, 15) is 4.79 Å². The summed E-state index contributed by atoms with van der Waals surface area (Å²) >= 11 is 0. The number of amides is 1. The van der Waals surface area contributed by atoms with Crippen molar-refractivity contribution in [2.45, 2.75) is 13.0 Å². The fraction of sp³-hybridized carbons (Fsp3) is 0.241. The van der Waals surface area contributed by atoms with Gasteiger partial charge in [-0.3, -0.25) is 9.69 Å². The number of hydrogen-bond acceptors (Lipinski definition) is 6. The van der Waals surface area contributed by atoms with Gasteiger partial charge in [-0.2, -0.15) is 4.68 Å². The second-order valence-electron chi connectivity index (χ2n) is 9.49. The Morgan fingerprint density at radius 3 is 2.24 bits per heavy atom. The number of para-hydroxylation sites is 1. The van der Waals surface area contributed by atoms with Gasteiger partial charge in [0.1, 0.15) is 12.6 Å². The number of allylic oxidation sites excluding steroid dienone is 1. The normalized spacial score (nSPS) is 17.4. The number of benzene rings is 3. The second kappa shape index (κ2) is 9.89. The highest BCUT2D eigenvalue weighted by molar-refractivity contribution is 5.89. The highest BCUT2D eigenvalue weighted by Gasteiger charge is 2.33. The molecule has 4 aromatic rings. The Hall–Kier alpha value is -4.46. The van der Waals surface area contributed by atoms with Gasteiger partial charge in [0.2, 0.25) is 5.91 Å². The summed E-state index contributed by atoms with van der Waals surface area (Å²) in [6.45, 7) is 5.23. The minimum Gasteiger partial charge on any atom is -0.368 e.